The Hall–Kier alpha value is -6.90. The average molecular weight is 1100 g/mol. The monoisotopic (exact) mass is 1090 g/mol. The number of unbranched alkanes of at least 4 members (excludes halogenated alkanes) is 10. The van der Waals surface area contributed by atoms with Crippen LogP contribution in [0.25, 0.3) is 43.8 Å². The van der Waals surface area contributed by atoms with Gasteiger partial charge in [-0.1, -0.05) is 260 Å². The van der Waals surface area contributed by atoms with Crippen molar-refractivity contribution in [3.8, 4) is 22.3 Å². The molecular formula is C81H94N2. The minimum absolute atomic E-state index is 0.00523. The van der Waals surface area contributed by atoms with Gasteiger partial charge in [0.05, 0.1) is 11.4 Å². The number of fused-ring (bicyclic) bond motifs is 6. The van der Waals surface area contributed by atoms with E-state index in [0.29, 0.717) is 0 Å². The van der Waals surface area contributed by atoms with E-state index in [-0.39, 0.29) is 16.2 Å². The number of hydrogen-bond donors (Lipinski definition) is 0. The van der Waals surface area contributed by atoms with Crippen LogP contribution in [-0.4, -0.2) is 0 Å². The largest absolute Gasteiger partial charge is 0.309 e. The van der Waals surface area contributed by atoms with E-state index in [4.69, 9.17) is 0 Å². The Morgan fingerprint density at radius 3 is 1.27 bits per heavy atom. The van der Waals surface area contributed by atoms with Gasteiger partial charge in [-0.3, -0.25) is 0 Å². The summed E-state index contributed by atoms with van der Waals surface area (Å²) in [4.78, 5) is 5.09. The van der Waals surface area contributed by atoms with Crippen LogP contribution >= 0.6 is 0 Å². The van der Waals surface area contributed by atoms with Crippen LogP contribution < -0.4 is 9.80 Å². The molecule has 0 bridgehead atoms. The van der Waals surface area contributed by atoms with Crippen molar-refractivity contribution in [1.29, 1.82) is 0 Å². The molecule has 0 radical (unpaired) electrons. The lowest BCUT2D eigenvalue weighted by atomic mass is 9.68. The maximum Gasteiger partial charge on any atom is 0.0619 e. The van der Waals surface area contributed by atoms with Gasteiger partial charge < -0.3 is 9.80 Å². The van der Waals surface area contributed by atoms with Gasteiger partial charge >= 0.3 is 0 Å². The van der Waals surface area contributed by atoms with Gasteiger partial charge in [0.15, 0.2) is 0 Å². The van der Waals surface area contributed by atoms with Gasteiger partial charge in [-0.05, 0) is 172 Å². The summed E-state index contributed by atoms with van der Waals surface area (Å²) in [6, 6.07) is 71.1. The molecule has 2 nitrogen and oxygen atoms in total. The van der Waals surface area contributed by atoms with E-state index in [9.17, 15) is 0 Å². The highest BCUT2D eigenvalue weighted by molar-refractivity contribution is 6.23. The molecule has 0 N–H and O–H groups in total. The van der Waals surface area contributed by atoms with Gasteiger partial charge in [-0.15, -0.1) is 0 Å². The van der Waals surface area contributed by atoms with Crippen LogP contribution in [0.4, 0.5) is 34.1 Å². The van der Waals surface area contributed by atoms with E-state index in [1.807, 2.05) is 0 Å². The molecule has 2 heteroatoms. The molecule has 11 rings (SSSR count). The SMILES string of the molecule is CCCCCCCCC1(CCCCCCCC)c2cc(-c3ccc(N(c4ccc(C(C)(CC)CC)cc4)c4c5ccccc5c(N(c5ccccc5)c5ccc6c(c5)CC6)c5ccccc45)cc3)ccc2-c2ccc(C(C)(CC)CC)cc21. The summed E-state index contributed by atoms with van der Waals surface area (Å²) >= 11 is 0. The first-order valence-corrected chi connectivity index (χ1v) is 32.8. The molecule has 83 heavy (non-hydrogen) atoms. The zero-order chi connectivity index (χ0) is 57.6. The Morgan fingerprint density at radius 1 is 0.349 bits per heavy atom. The molecule has 428 valence electrons. The molecule has 0 saturated carbocycles. The topological polar surface area (TPSA) is 6.48 Å². The van der Waals surface area contributed by atoms with Crippen LogP contribution in [0.2, 0.25) is 0 Å². The van der Waals surface area contributed by atoms with Crippen molar-refractivity contribution in [2.24, 2.45) is 0 Å². The first-order chi connectivity index (χ1) is 40.6. The summed E-state index contributed by atoms with van der Waals surface area (Å²) in [6.45, 7) is 19.1. The smallest absolute Gasteiger partial charge is 0.0619 e. The highest BCUT2D eigenvalue weighted by Gasteiger charge is 2.43. The van der Waals surface area contributed by atoms with Gasteiger partial charge in [-0.25, -0.2) is 0 Å². The minimum Gasteiger partial charge on any atom is -0.309 e. The number of benzene rings is 9. The molecule has 0 fully saturated rings. The van der Waals surface area contributed by atoms with Gasteiger partial charge in [0.2, 0.25) is 0 Å². The summed E-state index contributed by atoms with van der Waals surface area (Å²) in [5.74, 6) is 0. The number of rotatable bonds is 27. The summed E-state index contributed by atoms with van der Waals surface area (Å²) in [6.07, 6.45) is 25.0. The van der Waals surface area contributed by atoms with Crippen LogP contribution in [0.3, 0.4) is 0 Å². The van der Waals surface area contributed by atoms with Gasteiger partial charge in [0.1, 0.15) is 0 Å². The predicted octanol–water partition coefficient (Wildman–Crippen LogP) is 24.6. The molecule has 9 aromatic carbocycles. The van der Waals surface area contributed by atoms with Crippen molar-refractivity contribution in [2.45, 2.75) is 200 Å². The van der Waals surface area contributed by atoms with Gasteiger partial charge in [-0.2, -0.15) is 0 Å². The second-order valence-corrected chi connectivity index (χ2v) is 25.5. The molecule has 0 aliphatic heterocycles. The summed E-state index contributed by atoms with van der Waals surface area (Å²) < 4.78 is 0. The van der Waals surface area contributed by atoms with E-state index in [2.05, 4.69) is 247 Å². The average Bonchev–Trinajstić information content (AvgIpc) is 2.67. The second kappa shape index (κ2) is 25.5. The zero-order valence-corrected chi connectivity index (χ0v) is 51.9. The normalized spacial score (nSPS) is 13.4. The number of aryl methyl sites for hydroxylation is 2. The maximum absolute atomic E-state index is 2.71. The lowest BCUT2D eigenvalue weighted by Crippen LogP contribution is -2.27. The van der Waals surface area contributed by atoms with Gasteiger partial charge in [0.25, 0.3) is 0 Å². The number of para-hydroxylation sites is 1. The first kappa shape index (κ1) is 57.9. The van der Waals surface area contributed by atoms with Crippen LogP contribution in [0, 0.1) is 0 Å². The quantitative estimate of drug-likeness (QED) is 0.0288. The van der Waals surface area contributed by atoms with Crippen molar-refractivity contribution in [1.82, 2.24) is 0 Å². The molecule has 2 aliphatic carbocycles. The summed E-state index contributed by atoms with van der Waals surface area (Å²) in [7, 11) is 0. The minimum atomic E-state index is -0.00523. The fourth-order valence-corrected chi connectivity index (χ4v) is 14.5. The molecule has 9 aromatic rings. The Labute approximate surface area is 500 Å². The highest BCUT2D eigenvalue weighted by atomic mass is 15.2. The molecule has 0 aromatic heterocycles. The van der Waals surface area contributed by atoms with E-state index < -0.39 is 0 Å². The zero-order valence-electron chi connectivity index (χ0n) is 51.9. The fraction of sp³-hybridized carbons (Fsp3) is 0.383. The van der Waals surface area contributed by atoms with Crippen molar-refractivity contribution < 1.29 is 0 Å². The molecule has 2 aliphatic rings. The Bertz CT molecular complexity index is 3560. The second-order valence-electron chi connectivity index (χ2n) is 25.5. The molecule has 0 saturated heterocycles. The fourth-order valence-electron chi connectivity index (χ4n) is 14.5. The molecule has 0 amide bonds. The molecule has 0 unspecified atom stereocenters. The van der Waals surface area contributed by atoms with E-state index >= 15 is 0 Å². The van der Waals surface area contributed by atoms with Crippen molar-refractivity contribution >= 4 is 55.7 Å². The summed E-state index contributed by atoms with van der Waals surface area (Å²) in [5.41, 5.74) is 21.9. The van der Waals surface area contributed by atoms with E-state index in [1.165, 1.54) is 173 Å². The van der Waals surface area contributed by atoms with Crippen molar-refractivity contribution in [2.75, 3.05) is 9.80 Å². The van der Waals surface area contributed by atoms with Crippen LogP contribution in [0.15, 0.2) is 182 Å². The Morgan fingerprint density at radius 2 is 0.759 bits per heavy atom. The maximum atomic E-state index is 2.71. The highest BCUT2D eigenvalue weighted by Crippen LogP contribution is 2.57. The third-order valence-electron chi connectivity index (χ3n) is 20.8. The van der Waals surface area contributed by atoms with Crippen LogP contribution in [0.1, 0.15) is 204 Å². The molecule has 0 atom stereocenters. The summed E-state index contributed by atoms with van der Waals surface area (Å²) in [5, 5.41) is 4.89. The van der Waals surface area contributed by atoms with Crippen molar-refractivity contribution in [3.63, 3.8) is 0 Å². The molecule has 0 spiro atoms. The lowest BCUT2D eigenvalue weighted by molar-refractivity contribution is 0.395. The molecule has 0 heterocycles. The van der Waals surface area contributed by atoms with Crippen LogP contribution in [-0.2, 0) is 29.1 Å². The third kappa shape index (κ3) is 11.2. The first-order valence-electron chi connectivity index (χ1n) is 32.8. The number of anilines is 6. The third-order valence-corrected chi connectivity index (χ3v) is 20.8. The number of nitrogens with zero attached hydrogens (tertiary/aromatic N) is 2. The predicted molar refractivity (Wildman–Crippen MR) is 362 cm³/mol. The van der Waals surface area contributed by atoms with E-state index in [1.54, 1.807) is 11.1 Å². The molecular weight excluding hydrogens is 1000 g/mol. The number of hydrogen-bond acceptors (Lipinski definition) is 2. The Kier molecular flexibility index (Phi) is 17.8. The lowest BCUT2D eigenvalue weighted by Gasteiger charge is -2.35. The Balaban J connectivity index is 1.06. The standard InChI is InChI=1S/C81H94N2/c1-9-15-17-19-21-30-54-81(55-31-22-20-18-16-10-2)75-57-62(43-52-69(75)70-53-46-64(58-76(70)81)80(8,13-5)14-6)60-40-47-66(48-41-60)82(67-50-44-63(45-51-67)79(7,11-3)12-4)77-71-34-26-28-36-73(71)78(74-37-29-27-35-72(74)77)83(65-32-24-23-25-33-65)68-49-42-59-38-39-61(59)56-68/h23-29,32-37,40-53,56-58H,9-22,30-31,38-39,54-55H2,1-8H3. The van der Waals surface area contributed by atoms with Gasteiger partial charge in [0, 0.05) is 49.7 Å². The van der Waals surface area contributed by atoms with E-state index in [0.717, 1.165) is 55.6 Å². The van der Waals surface area contributed by atoms with Crippen molar-refractivity contribution in [3.05, 3.63) is 215 Å². The van der Waals surface area contributed by atoms with Crippen LogP contribution in [0.5, 0.6) is 0 Å².